The summed E-state index contributed by atoms with van der Waals surface area (Å²) in [6, 6.07) is 0. The van der Waals surface area contributed by atoms with E-state index in [0.29, 0.717) is 17.3 Å². The summed E-state index contributed by atoms with van der Waals surface area (Å²) in [6.07, 6.45) is 14.1. The fourth-order valence-electron chi connectivity index (χ4n) is 8.26. The molecular formula is C24H38N2O2S. The van der Waals surface area contributed by atoms with Gasteiger partial charge in [0.05, 0.1) is 11.7 Å². The molecule has 162 valence electrons. The highest BCUT2D eigenvalue weighted by atomic mass is 32.2. The second-order valence-electron chi connectivity index (χ2n) is 11.2. The van der Waals surface area contributed by atoms with E-state index in [0.717, 1.165) is 48.4 Å². The summed E-state index contributed by atoms with van der Waals surface area (Å²) >= 11 is 1.73. The molecule has 5 rings (SSSR count). The summed E-state index contributed by atoms with van der Waals surface area (Å²) in [7, 11) is 2.03. The van der Waals surface area contributed by atoms with E-state index in [9.17, 15) is 10.2 Å². The fourth-order valence-corrected chi connectivity index (χ4v) is 9.50. The Bertz CT molecular complexity index is 768. The van der Waals surface area contributed by atoms with Gasteiger partial charge in [0.25, 0.3) is 0 Å². The van der Waals surface area contributed by atoms with E-state index in [4.69, 9.17) is 0 Å². The fraction of sp³-hybridized carbons (Fsp3) is 0.875. The zero-order valence-electron chi connectivity index (χ0n) is 18.3. The SMILES string of the molecule is Cn1ccnc1SC[C@]1(O)CC[C@@H]2[C@H]3CC[C@H]4C[C@@H](O)CC[C@]4(C)[C@@H]3CC[C@]21C. The Morgan fingerprint density at radius 2 is 1.90 bits per heavy atom. The zero-order chi connectivity index (χ0) is 20.4. The maximum absolute atomic E-state index is 11.9. The van der Waals surface area contributed by atoms with Crippen LogP contribution < -0.4 is 0 Å². The molecule has 5 heteroatoms. The number of aromatic nitrogens is 2. The number of aliphatic hydroxyl groups excluding tert-OH is 1. The van der Waals surface area contributed by atoms with Crippen LogP contribution in [0, 0.1) is 34.5 Å². The van der Waals surface area contributed by atoms with Crippen molar-refractivity contribution in [2.75, 3.05) is 5.75 Å². The van der Waals surface area contributed by atoms with E-state index in [1.165, 1.54) is 32.1 Å². The number of aliphatic hydroxyl groups is 2. The van der Waals surface area contributed by atoms with Crippen LogP contribution in [0.1, 0.15) is 71.6 Å². The lowest BCUT2D eigenvalue weighted by atomic mass is 9.44. The van der Waals surface area contributed by atoms with Gasteiger partial charge in [0, 0.05) is 30.6 Å². The van der Waals surface area contributed by atoms with Gasteiger partial charge in [-0.3, -0.25) is 0 Å². The van der Waals surface area contributed by atoms with Gasteiger partial charge >= 0.3 is 0 Å². The summed E-state index contributed by atoms with van der Waals surface area (Å²) in [4.78, 5) is 4.45. The van der Waals surface area contributed by atoms with Gasteiger partial charge in [-0.25, -0.2) is 4.98 Å². The molecule has 8 atom stereocenters. The van der Waals surface area contributed by atoms with Gasteiger partial charge in [-0.15, -0.1) is 0 Å². The molecule has 0 aromatic carbocycles. The van der Waals surface area contributed by atoms with Crippen LogP contribution in [0.25, 0.3) is 0 Å². The third-order valence-corrected chi connectivity index (χ3v) is 11.5. The molecule has 4 saturated carbocycles. The van der Waals surface area contributed by atoms with Gasteiger partial charge in [0.1, 0.15) is 0 Å². The van der Waals surface area contributed by atoms with E-state index in [1.807, 2.05) is 19.4 Å². The minimum atomic E-state index is -0.584. The molecule has 1 aromatic rings. The van der Waals surface area contributed by atoms with Gasteiger partial charge in [-0.2, -0.15) is 0 Å². The van der Waals surface area contributed by atoms with Gasteiger partial charge < -0.3 is 14.8 Å². The molecule has 0 unspecified atom stereocenters. The van der Waals surface area contributed by atoms with Crippen molar-refractivity contribution in [3.05, 3.63) is 12.4 Å². The number of imidazole rings is 1. The monoisotopic (exact) mass is 418 g/mol. The predicted molar refractivity (Wildman–Crippen MR) is 117 cm³/mol. The highest BCUT2D eigenvalue weighted by Crippen LogP contribution is 2.68. The maximum atomic E-state index is 11.9. The molecule has 4 aliphatic rings. The van der Waals surface area contributed by atoms with Gasteiger partial charge in [0.2, 0.25) is 0 Å². The number of rotatable bonds is 3. The van der Waals surface area contributed by atoms with Crippen molar-refractivity contribution in [1.82, 2.24) is 9.55 Å². The highest BCUT2D eigenvalue weighted by molar-refractivity contribution is 7.99. The van der Waals surface area contributed by atoms with Crippen molar-refractivity contribution < 1.29 is 10.2 Å². The van der Waals surface area contributed by atoms with E-state index in [2.05, 4.69) is 23.4 Å². The minimum absolute atomic E-state index is 0.0315. The van der Waals surface area contributed by atoms with Crippen molar-refractivity contribution >= 4 is 11.8 Å². The second kappa shape index (κ2) is 7.00. The normalized spacial score (nSPS) is 49.3. The smallest absolute Gasteiger partial charge is 0.167 e. The van der Waals surface area contributed by atoms with Crippen molar-refractivity contribution in [2.45, 2.75) is 88.5 Å². The van der Waals surface area contributed by atoms with Crippen molar-refractivity contribution in [2.24, 2.45) is 41.5 Å². The van der Waals surface area contributed by atoms with E-state index >= 15 is 0 Å². The predicted octanol–water partition coefficient (Wildman–Crippen LogP) is 4.65. The summed E-state index contributed by atoms with van der Waals surface area (Å²) in [5, 5.41) is 23.1. The van der Waals surface area contributed by atoms with Crippen molar-refractivity contribution in [3.63, 3.8) is 0 Å². The molecule has 4 fully saturated rings. The first-order chi connectivity index (χ1) is 13.8. The molecule has 1 heterocycles. The quantitative estimate of drug-likeness (QED) is 0.702. The third kappa shape index (κ3) is 2.97. The average molecular weight is 419 g/mol. The Morgan fingerprint density at radius 3 is 2.66 bits per heavy atom. The summed E-state index contributed by atoms with van der Waals surface area (Å²) in [5.41, 5.74) is -0.143. The van der Waals surface area contributed by atoms with Crippen LogP contribution in [0.4, 0.5) is 0 Å². The maximum Gasteiger partial charge on any atom is 0.167 e. The molecule has 0 radical (unpaired) electrons. The largest absolute Gasteiger partial charge is 0.393 e. The molecule has 1 aromatic heterocycles. The molecule has 0 spiro atoms. The van der Waals surface area contributed by atoms with Crippen LogP contribution in [0.2, 0.25) is 0 Å². The first-order valence-corrected chi connectivity index (χ1v) is 12.8. The van der Waals surface area contributed by atoms with Crippen molar-refractivity contribution in [1.29, 1.82) is 0 Å². The average Bonchev–Trinajstić information content (AvgIpc) is 3.22. The van der Waals surface area contributed by atoms with E-state index < -0.39 is 5.60 Å². The summed E-state index contributed by atoms with van der Waals surface area (Å²) in [6.45, 7) is 4.94. The van der Waals surface area contributed by atoms with Gasteiger partial charge in [-0.05, 0) is 86.9 Å². The summed E-state index contributed by atoms with van der Waals surface area (Å²) < 4.78 is 2.05. The molecule has 0 amide bonds. The lowest BCUT2D eigenvalue weighted by Gasteiger charge is -2.61. The zero-order valence-corrected chi connectivity index (χ0v) is 19.1. The lowest BCUT2D eigenvalue weighted by molar-refractivity contribution is -0.152. The standard InChI is InChI=1S/C24H38N2O2S/c1-22-9-6-17(27)14-16(22)4-5-18-19(22)7-10-23(2)20(18)8-11-24(23,28)15-29-21-25-12-13-26(21)3/h12-13,16-20,27-28H,4-11,14-15H2,1-3H3/t16-,17-,18-,19+,20+,22-,23+,24+/m0/s1. The first kappa shape index (κ1) is 20.4. The Hall–Kier alpha value is -0.520. The second-order valence-corrected chi connectivity index (χ2v) is 12.2. The Balaban J connectivity index is 1.36. The van der Waals surface area contributed by atoms with Crippen LogP contribution in [-0.2, 0) is 7.05 Å². The van der Waals surface area contributed by atoms with E-state index in [1.54, 1.807) is 11.8 Å². The van der Waals surface area contributed by atoms with Crippen LogP contribution in [-0.4, -0.2) is 37.2 Å². The number of aryl methyl sites for hydroxylation is 1. The molecule has 4 nitrogen and oxygen atoms in total. The molecule has 2 N–H and O–H groups in total. The Labute approximate surface area is 179 Å². The van der Waals surface area contributed by atoms with Crippen LogP contribution in [0.15, 0.2) is 17.6 Å². The summed E-state index contributed by atoms with van der Waals surface area (Å²) in [5.74, 6) is 3.66. The number of fused-ring (bicyclic) bond motifs is 5. The van der Waals surface area contributed by atoms with Gasteiger partial charge in [0.15, 0.2) is 5.16 Å². The Morgan fingerprint density at radius 1 is 1.10 bits per heavy atom. The molecule has 4 aliphatic carbocycles. The first-order valence-electron chi connectivity index (χ1n) is 11.8. The Kier molecular flexibility index (Phi) is 4.92. The molecule has 0 aliphatic heterocycles. The van der Waals surface area contributed by atoms with E-state index in [-0.39, 0.29) is 11.5 Å². The number of hydrogen-bond acceptors (Lipinski definition) is 4. The van der Waals surface area contributed by atoms with Crippen LogP contribution in [0.5, 0.6) is 0 Å². The lowest BCUT2D eigenvalue weighted by Crippen LogP contribution is -2.57. The van der Waals surface area contributed by atoms with Crippen molar-refractivity contribution in [3.8, 4) is 0 Å². The van der Waals surface area contributed by atoms with Crippen LogP contribution in [0.3, 0.4) is 0 Å². The third-order valence-electron chi connectivity index (χ3n) is 10.2. The van der Waals surface area contributed by atoms with Crippen LogP contribution >= 0.6 is 11.8 Å². The topological polar surface area (TPSA) is 58.3 Å². The number of hydrogen-bond donors (Lipinski definition) is 2. The number of nitrogens with zero attached hydrogens (tertiary/aromatic N) is 2. The number of thioether (sulfide) groups is 1. The minimum Gasteiger partial charge on any atom is -0.393 e. The molecule has 0 saturated heterocycles. The molecular weight excluding hydrogens is 380 g/mol. The molecule has 0 bridgehead atoms. The highest BCUT2D eigenvalue weighted by Gasteiger charge is 2.64. The molecule has 29 heavy (non-hydrogen) atoms. The van der Waals surface area contributed by atoms with Gasteiger partial charge in [-0.1, -0.05) is 25.6 Å².